The van der Waals surface area contributed by atoms with Gasteiger partial charge in [-0.15, -0.1) is 0 Å². The molecule has 0 nitrogen and oxygen atoms in total. The first kappa shape index (κ1) is 14.3. The lowest BCUT2D eigenvalue weighted by molar-refractivity contribution is -0.0408. The minimum absolute atomic E-state index is 0.147. The number of hydrogen-bond donors (Lipinski definition) is 0. The van der Waals surface area contributed by atoms with Crippen molar-refractivity contribution in [2.24, 2.45) is 11.8 Å². The van der Waals surface area contributed by atoms with E-state index in [2.05, 4.69) is 0 Å². The molecule has 0 aromatic rings. The van der Waals surface area contributed by atoms with E-state index >= 15 is 0 Å². The van der Waals surface area contributed by atoms with Crippen molar-refractivity contribution in [3.8, 4) is 0 Å². The molecule has 0 spiro atoms. The van der Waals surface area contributed by atoms with E-state index in [1.165, 1.54) is 51.4 Å². The minimum Gasteiger partial charge on any atom is -0.207 e. The van der Waals surface area contributed by atoms with Gasteiger partial charge in [-0.05, 0) is 18.3 Å². The maximum Gasteiger partial charge on any atom is 0.248 e. The maximum atomic E-state index is 14.0. The van der Waals surface area contributed by atoms with E-state index in [-0.39, 0.29) is 12.8 Å². The summed E-state index contributed by atoms with van der Waals surface area (Å²) in [5.41, 5.74) is 0. The molecule has 0 saturated heterocycles. The lowest BCUT2D eigenvalue weighted by atomic mass is 9.82. The van der Waals surface area contributed by atoms with Crippen molar-refractivity contribution >= 4 is 0 Å². The number of halogens is 2. The molecule has 0 amide bonds. The highest BCUT2D eigenvalue weighted by Crippen LogP contribution is 2.38. The largest absolute Gasteiger partial charge is 0.248 e. The van der Waals surface area contributed by atoms with Crippen LogP contribution in [0.2, 0.25) is 0 Å². The van der Waals surface area contributed by atoms with Crippen LogP contribution in [0.3, 0.4) is 0 Å². The molecule has 2 rings (SSSR count). The summed E-state index contributed by atoms with van der Waals surface area (Å²) in [6, 6.07) is 0. The van der Waals surface area contributed by atoms with Crippen molar-refractivity contribution in [1.29, 1.82) is 0 Å². The van der Waals surface area contributed by atoms with E-state index < -0.39 is 5.92 Å². The summed E-state index contributed by atoms with van der Waals surface area (Å²) >= 11 is 0. The highest BCUT2D eigenvalue weighted by molar-refractivity contribution is 4.77. The average molecular weight is 258 g/mol. The molecule has 2 heteroatoms. The van der Waals surface area contributed by atoms with Crippen molar-refractivity contribution in [2.45, 2.75) is 89.4 Å². The standard InChI is InChI=1S/C16H28F2/c17-16(18,13-15-9-5-2-6-10-15)12-11-14-7-3-1-4-8-14/h14-15H,1-13H2. The van der Waals surface area contributed by atoms with Crippen LogP contribution >= 0.6 is 0 Å². The van der Waals surface area contributed by atoms with Gasteiger partial charge in [0.05, 0.1) is 0 Å². The van der Waals surface area contributed by atoms with Gasteiger partial charge in [0.15, 0.2) is 0 Å². The zero-order chi connectivity index (χ0) is 12.8. The fourth-order valence-electron chi connectivity index (χ4n) is 3.81. The Morgan fingerprint density at radius 1 is 0.722 bits per heavy atom. The average Bonchev–Trinajstić information content (AvgIpc) is 2.38. The second-order valence-electron chi connectivity index (χ2n) is 6.61. The SMILES string of the molecule is FC(F)(CCC1CCCCC1)CC1CCCCC1. The number of alkyl halides is 2. The number of rotatable bonds is 5. The first-order valence-corrected chi connectivity index (χ1v) is 8.03. The lowest BCUT2D eigenvalue weighted by Crippen LogP contribution is -2.23. The van der Waals surface area contributed by atoms with Crippen LogP contribution in [0.25, 0.3) is 0 Å². The Balaban J connectivity index is 1.68. The normalized spacial score (nSPS) is 24.3. The van der Waals surface area contributed by atoms with Gasteiger partial charge in [0.1, 0.15) is 0 Å². The molecular formula is C16H28F2. The van der Waals surface area contributed by atoms with Crippen LogP contribution in [0.4, 0.5) is 8.78 Å². The van der Waals surface area contributed by atoms with Crippen LogP contribution in [-0.2, 0) is 0 Å². The van der Waals surface area contributed by atoms with Crippen molar-refractivity contribution in [3.63, 3.8) is 0 Å². The minimum atomic E-state index is -2.39. The predicted octanol–water partition coefficient (Wildman–Crippen LogP) is 5.95. The summed E-state index contributed by atoms with van der Waals surface area (Å²) in [5.74, 6) is -1.49. The van der Waals surface area contributed by atoms with Gasteiger partial charge in [0.25, 0.3) is 0 Å². The molecule has 2 aliphatic carbocycles. The molecule has 0 heterocycles. The topological polar surface area (TPSA) is 0 Å². The monoisotopic (exact) mass is 258 g/mol. The van der Waals surface area contributed by atoms with Gasteiger partial charge < -0.3 is 0 Å². The Kier molecular flexibility index (Phi) is 5.44. The summed E-state index contributed by atoms with van der Waals surface area (Å²) in [6.45, 7) is 0. The highest BCUT2D eigenvalue weighted by Gasteiger charge is 2.33. The van der Waals surface area contributed by atoms with Crippen LogP contribution in [0.15, 0.2) is 0 Å². The van der Waals surface area contributed by atoms with Gasteiger partial charge in [0, 0.05) is 12.8 Å². The first-order valence-electron chi connectivity index (χ1n) is 8.03. The van der Waals surface area contributed by atoms with E-state index in [1.54, 1.807) is 0 Å². The molecule has 2 saturated carbocycles. The Bertz CT molecular complexity index is 225. The van der Waals surface area contributed by atoms with E-state index in [4.69, 9.17) is 0 Å². The lowest BCUT2D eigenvalue weighted by Gasteiger charge is -2.28. The first-order chi connectivity index (χ1) is 8.66. The molecule has 0 aromatic carbocycles. The second kappa shape index (κ2) is 6.86. The maximum absolute atomic E-state index is 14.0. The Labute approximate surface area is 111 Å². The van der Waals surface area contributed by atoms with E-state index in [9.17, 15) is 8.78 Å². The van der Waals surface area contributed by atoms with Crippen molar-refractivity contribution in [3.05, 3.63) is 0 Å². The molecular weight excluding hydrogens is 230 g/mol. The van der Waals surface area contributed by atoms with Crippen LogP contribution in [0.1, 0.15) is 83.5 Å². The molecule has 2 aliphatic rings. The molecule has 0 atom stereocenters. The number of hydrogen-bond acceptors (Lipinski definition) is 0. The summed E-state index contributed by atoms with van der Waals surface area (Å²) in [6.07, 6.45) is 13.0. The van der Waals surface area contributed by atoms with Gasteiger partial charge in [-0.2, -0.15) is 0 Å². The zero-order valence-electron chi connectivity index (χ0n) is 11.6. The van der Waals surface area contributed by atoms with Crippen molar-refractivity contribution in [2.75, 3.05) is 0 Å². The highest BCUT2D eigenvalue weighted by atomic mass is 19.3. The summed E-state index contributed by atoms with van der Waals surface area (Å²) < 4.78 is 27.9. The van der Waals surface area contributed by atoms with Crippen LogP contribution in [0, 0.1) is 11.8 Å². The van der Waals surface area contributed by atoms with Gasteiger partial charge in [-0.1, -0.05) is 64.2 Å². The fraction of sp³-hybridized carbons (Fsp3) is 1.00. The molecule has 106 valence electrons. The smallest absolute Gasteiger partial charge is 0.207 e. The molecule has 0 aliphatic heterocycles. The third kappa shape index (κ3) is 4.85. The third-order valence-electron chi connectivity index (χ3n) is 4.96. The zero-order valence-corrected chi connectivity index (χ0v) is 11.6. The fourth-order valence-corrected chi connectivity index (χ4v) is 3.81. The molecule has 0 unspecified atom stereocenters. The Hall–Kier alpha value is -0.140. The van der Waals surface area contributed by atoms with Crippen molar-refractivity contribution in [1.82, 2.24) is 0 Å². The van der Waals surface area contributed by atoms with E-state index in [0.717, 1.165) is 19.3 Å². The second-order valence-corrected chi connectivity index (χ2v) is 6.61. The van der Waals surface area contributed by atoms with Gasteiger partial charge in [-0.3, -0.25) is 0 Å². The molecule has 18 heavy (non-hydrogen) atoms. The van der Waals surface area contributed by atoms with Gasteiger partial charge >= 0.3 is 0 Å². The van der Waals surface area contributed by atoms with Crippen LogP contribution in [0.5, 0.6) is 0 Å². The van der Waals surface area contributed by atoms with Gasteiger partial charge in [0.2, 0.25) is 5.92 Å². The molecule has 0 aromatic heterocycles. The molecule has 0 radical (unpaired) electrons. The van der Waals surface area contributed by atoms with E-state index in [0.29, 0.717) is 11.8 Å². The Morgan fingerprint density at radius 3 is 1.78 bits per heavy atom. The Morgan fingerprint density at radius 2 is 1.22 bits per heavy atom. The molecule has 0 N–H and O–H groups in total. The third-order valence-corrected chi connectivity index (χ3v) is 4.96. The van der Waals surface area contributed by atoms with Crippen LogP contribution < -0.4 is 0 Å². The summed E-state index contributed by atoms with van der Waals surface area (Å²) in [7, 11) is 0. The molecule has 2 fully saturated rings. The summed E-state index contributed by atoms with van der Waals surface area (Å²) in [4.78, 5) is 0. The van der Waals surface area contributed by atoms with Gasteiger partial charge in [-0.25, -0.2) is 8.78 Å². The predicted molar refractivity (Wildman–Crippen MR) is 71.9 cm³/mol. The van der Waals surface area contributed by atoms with E-state index in [1.807, 2.05) is 0 Å². The molecule has 0 bridgehead atoms. The quantitative estimate of drug-likeness (QED) is 0.571. The van der Waals surface area contributed by atoms with Crippen molar-refractivity contribution < 1.29 is 8.78 Å². The summed E-state index contributed by atoms with van der Waals surface area (Å²) in [5, 5.41) is 0. The van der Waals surface area contributed by atoms with Crippen LogP contribution in [-0.4, -0.2) is 5.92 Å².